The molecule has 4 amide bonds. The lowest BCUT2D eigenvalue weighted by Crippen LogP contribution is -2.27. The van der Waals surface area contributed by atoms with Gasteiger partial charge in [-0.25, -0.2) is 4.79 Å². The van der Waals surface area contributed by atoms with Crippen LogP contribution >= 0.6 is 0 Å². The molecule has 1 fully saturated rings. The summed E-state index contributed by atoms with van der Waals surface area (Å²) in [5.41, 5.74) is 2.25. The molecule has 0 unspecified atom stereocenters. The fourth-order valence-electron chi connectivity index (χ4n) is 2.89. The van der Waals surface area contributed by atoms with Gasteiger partial charge in [-0.3, -0.25) is 14.5 Å². The summed E-state index contributed by atoms with van der Waals surface area (Å²) in [6.07, 6.45) is 0. The van der Waals surface area contributed by atoms with Crippen LogP contribution in [0.5, 0.6) is 5.75 Å². The first-order chi connectivity index (χ1) is 12.6. The fraction of sp³-hybridized carbons (Fsp3) is 0.167. The normalized spacial score (nSPS) is 15.6. The Hall–Kier alpha value is -3.55. The zero-order chi connectivity index (χ0) is 18.1. The number of carbonyl (C=O) groups is 3. The number of carbonyl (C=O) groups excluding carboxylic acids is 3. The first-order valence-corrected chi connectivity index (χ1v) is 8.14. The van der Waals surface area contributed by atoms with Crippen LogP contribution in [0.15, 0.2) is 42.5 Å². The van der Waals surface area contributed by atoms with E-state index in [2.05, 4.69) is 16.0 Å². The highest BCUT2D eigenvalue weighted by atomic mass is 16.5. The Morgan fingerprint density at radius 3 is 2.85 bits per heavy atom. The van der Waals surface area contributed by atoms with Gasteiger partial charge in [0.05, 0.1) is 5.69 Å². The molecule has 2 aliphatic heterocycles. The lowest BCUT2D eigenvalue weighted by molar-refractivity contribution is -0.118. The second kappa shape index (κ2) is 6.40. The lowest BCUT2D eigenvalue weighted by atomic mass is 10.1. The Morgan fingerprint density at radius 1 is 1.15 bits per heavy atom. The van der Waals surface area contributed by atoms with E-state index in [9.17, 15) is 14.4 Å². The number of urea groups is 1. The lowest BCUT2D eigenvalue weighted by Gasteiger charge is -2.18. The average molecular weight is 352 g/mol. The van der Waals surface area contributed by atoms with Crippen LogP contribution in [0.2, 0.25) is 0 Å². The Labute approximate surface area is 149 Å². The van der Waals surface area contributed by atoms with Crippen LogP contribution in [-0.2, 0) is 4.79 Å². The molecule has 3 N–H and O–H groups in total. The molecule has 26 heavy (non-hydrogen) atoms. The Bertz CT molecular complexity index is 912. The maximum Gasteiger partial charge on any atom is 0.321 e. The molecule has 2 aliphatic rings. The van der Waals surface area contributed by atoms with Gasteiger partial charge >= 0.3 is 6.03 Å². The predicted molar refractivity (Wildman–Crippen MR) is 95.7 cm³/mol. The van der Waals surface area contributed by atoms with Gasteiger partial charge in [0.2, 0.25) is 0 Å². The van der Waals surface area contributed by atoms with E-state index in [4.69, 9.17) is 4.74 Å². The summed E-state index contributed by atoms with van der Waals surface area (Å²) in [7, 11) is 0. The van der Waals surface area contributed by atoms with E-state index < -0.39 is 0 Å². The van der Waals surface area contributed by atoms with Gasteiger partial charge in [-0.1, -0.05) is 6.07 Å². The maximum atomic E-state index is 12.5. The summed E-state index contributed by atoms with van der Waals surface area (Å²) in [5.74, 6) is -0.0754. The van der Waals surface area contributed by atoms with Crippen molar-refractivity contribution in [2.75, 3.05) is 35.2 Å². The van der Waals surface area contributed by atoms with Gasteiger partial charge in [-0.15, -0.1) is 0 Å². The van der Waals surface area contributed by atoms with E-state index in [1.54, 1.807) is 41.3 Å². The molecular weight excluding hydrogens is 336 g/mol. The third-order valence-corrected chi connectivity index (χ3v) is 4.15. The van der Waals surface area contributed by atoms with E-state index in [-0.39, 0.29) is 24.5 Å². The van der Waals surface area contributed by atoms with Crippen LogP contribution in [0.3, 0.4) is 0 Å². The molecule has 2 heterocycles. The molecule has 0 spiro atoms. The molecule has 0 bridgehead atoms. The van der Waals surface area contributed by atoms with E-state index in [0.717, 1.165) is 0 Å². The average Bonchev–Trinajstić information content (AvgIpc) is 3.07. The van der Waals surface area contributed by atoms with Crippen molar-refractivity contribution in [3.8, 4) is 5.75 Å². The number of rotatable bonds is 3. The number of benzene rings is 2. The molecule has 2 aromatic rings. The number of amides is 4. The number of fused-ring (bicyclic) bond motifs is 1. The minimum Gasteiger partial charge on any atom is -0.482 e. The Balaban J connectivity index is 1.52. The van der Waals surface area contributed by atoms with Crippen molar-refractivity contribution in [1.29, 1.82) is 0 Å². The summed E-state index contributed by atoms with van der Waals surface area (Å²) >= 11 is 0. The molecule has 0 radical (unpaired) electrons. The Morgan fingerprint density at radius 2 is 2.04 bits per heavy atom. The van der Waals surface area contributed by atoms with Gasteiger partial charge in [0.1, 0.15) is 5.75 Å². The highest BCUT2D eigenvalue weighted by molar-refractivity contribution is 6.06. The van der Waals surface area contributed by atoms with Crippen LogP contribution in [0.1, 0.15) is 10.4 Å². The molecule has 8 nitrogen and oxygen atoms in total. The monoisotopic (exact) mass is 352 g/mol. The van der Waals surface area contributed by atoms with Crippen LogP contribution in [0, 0.1) is 0 Å². The van der Waals surface area contributed by atoms with Gasteiger partial charge in [0.15, 0.2) is 6.61 Å². The number of hydrogen-bond donors (Lipinski definition) is 3. The van der Waals surface area contributed by atoms with Gasteiger partial charge in [0.25, 0.3) is 11.8 Å². The molecule has 1 saturated heterocycles. The van der Waals surface area contributed by atoms with E-state index in [0.29, 0.717) is 41.5 Å². The summed E-state index contributed by atoms with van der Waals surface area (Å²) < 4.78 is 5.33. The third kappa shape index (κ3) is 3.04. The quantitative estimate of drug-likeness (QED) is 0.784. The molecule has 4 rings (SSSR count). The molecule has 132 valence electrons. The van der Waals surface area contributed by atoms with Crippen LogP contribution in [-0.4, -0.2) is 37.5 Å². The van der Waals surface area contributed by atoms with Gasteiger partial charge in [-0.05, 0) is 36.4 Å². The summed E-state index contributed by atoms with van der Waals surface area (Å²) in [4.78, 5) is 37.2. The van der Waals surface area contributed by atoms with Crippen molar-refractivity contribution < 1.29 is 19.1 Å². The molecule has 0 aromatic heterocycles. The highest BCUT2D eigenvalue weighted by Gasteiger charge is 2.22. The van der Waals surface area contributed by atoms with Crippen LogP contribution < -0.4 is 25.6 Å². The van der Waals surface area contributed by atoms with Crippen molar-refractivity contribution in [2.24, 2.45) is 0 Å². The SMILES string of the molecule is O=C1COc2cc(C(=O)Nc3cccc(N4CCNC4=O)c3)ccc2N1. The second-order valence-electron chi connectivity index (χ2n) is 5.94. The minimum atomic E-state index is -0.309. The number of nitrogens with one attached hydrogen (secondary N) is 3. The Kier molecular flexibility index (Phi) is 3.92. The van der Waals surface area contributed by atoms with E-state index >= 15 is 0 Å². The highest BCUT2D eigenvalue weighted by Crippen LogP contribution is 2.29. The molecule has 0 aliphatic carbocycles. The van der Waals surface area contributed by atoms with Crippen molar-refractivity contribution in [2.45, 2.75) is 0 Å². The number of ether oxygens (including phenoxy) is 1. The zero-order valence-electron chi connectivity index (χ0n) is 13.7. The van der Waals surface area contributed by atoms with Crippen LogP contribution in [0.25, 0.3) is 0 Å². The number of nitrogens with zero attached hydrogens (tertiary/aromatic N) is 1. The second-order valence-corrected chi connectivity index (χ2v) is 5.94. The fourth-order valence-corrected chi connectivity index (χ4v) is 2.89. The molecule has 8 heteroatoms. The third-order valence-electron chi connectivity index (χ3n) is 4.15. The predicted octanol–water partition coefficient (Wildman–Crippen LogP) is 1.80. The van der Waals surface area contributed by atoms with Gasteiger partial charge < -0.3 is 20.7 Å². The van der Waals surface area contributed by atoms with Crippen molar-refractivity contribution in [1.82, 2.24) is 5.32 Å². The number of anilines is 3. The van der Waals surface area contributed by atoms with Crippen LogP contribution in [0.4, 0.5) is 21.9 Å². The summed E-state index contributed by atoms with van der Waals surface area (Å²) in [6.45, 7) is 1.11. The van der Waals surface area contributed by atoms with Crippen molar-refractivity contribution in [3.63, 3.8) is 0 Å². The first kappa shape index (κ1) is 15.9. The maximum absolute atomic E-state index is 12.5. The molecular formula is C18H16N4O4. The zero-order valence-corrected chi connectivity index (χ0v) is 13.7. The molecule has 0 atom stereocenters. The minimum absolute atomic E-state index is 0.0714. The van der Waals surface area contributed by atoms with Gasteiger partial charge in [-0.2, -0.15) is 0 Å². The smallest absolute Gasteiger partial charge is 0.321 e. The standard InChI is InChI=1S/C18H16N4O4/c23-16-10-26-15-8-11(4-5-14(15)21-16)17(24)20-12-2-1-3-13(9-12)22-7-6-19-18(22)25/h1-5,8-9H,6-7,10H2,(H,19,25)(H,20,24)(H,21,23). The topological polar surface area (TPSA) is 99.8 Å². The van der Waals surface area contributed by atoms with Crippen molar-refractivity contribution in [3.05, 3.63) is 48.0 Å². The summed E-state index contributed by atoms with van der Waals surface area (Å²) in [5, 5.41) is 8.23. The van der Waals surface area contributed by atoms with E-state index in [1.165, 1.54) is 0 Å². The largest absolute Gasteiger partial charge is 0.482 e. The van der Waals surface area contributed by atoms with Gasteiger partial charge in [0, 0.05) is 30.0 Å². The molecule has 0 saturated carbocycles. The number of hydrogen-bond acceptors (Lipinski definition) is 4. The van der Waals surface area contributed by atoms with E-state index in [1.807, 2.05) is 6.07 Å². The molecule has 2 aromatic carbocycles. The summed E-state index contributed by atoms with van der Waals surface area (Å²) in [6, 6.07) is 11.8. The first-order valence-electron chi connectivity index (χ1n) is 8.14. The van der Waals surface area contributed by atoms with Crippen molar-refractivity contribution >= 4 is 34.9 Å².